The molecular weight excluding hydrogens is 240 g/mol. The topological polar surface area (TPSA) is 59.0 Å². The molecule has 0 aliphatic rings. The van der Waals surface area contributed by atoms with Gasteiger partial charge in [-0.25, -0.2) is 4.98 Å². The highest BCUT2D eigenvalue weighted by atomic mass is 16.1. The van der Waals surface area contributed by atoms with Crippen molar-refractivity contribution in [3.8, 4) is 0 Å². The molecule has 0 fully saturated rings. The molecule has 0 atom stereocenters. The van der Waals surface area contributed by atoms with Crippen LogP contribution >= 0.6 is 0 Å². The molecule has 1 aromatic rings. The number of hydrogen-bond acceptors (Lipinski definition) is 3. The fourth-order valence-corrected chi connectivity index (χ4v) is 1.68. The van der Waals surface area contributed by atoms with Crippen LogP contribution in [0.4, 0.5) is 0 Å². The van der Waals surface area contributed by atoms with Crippen LogP contribution in [0.15, 0.2) is 12.5 Å². The van der Waals surface area contributed by atoms with Gasteiger partial charge in [0.1, 0.15) is 6.54 Å². The Hall–Kier alpha value is -1.36. The Morgan fingerprint density at radius 1 is 1.42 bits per heavy atom. The summed E-state index contributed by atoms with van der Waals surface area (Å²) in [4.78, 5) is 16.0. The summed E-state index contributed by atoms with van der Waals surface area (Å²) in [5.74, 6) is 0.522. The van der Waals surface area contributed by atoms with Gasteiger partial charge in [0, 0.05) is 25.7 Å². The van der Waals surface area contributed by atoms with Gasteiger partial charge in [-0.15, -0.1) is 0 Å². The first-order valence-corrected chi connectivity index (χ1v) is 7.10. The first-order valence-electron chi connectivity index (χ1n) is 7.10. The third kappa shape index (κ3) is 6.96. The van der Waals surface area contributed by atoms with Crippen LogP contribution in [0.3, 0.4) is 0 Å². The molecule has 5 heteroatoms. The first kappa shape index (κ1) is 15.7. The number of nitrogens with zero attached hydrogens (tertiary/aromatic N) is 2. The lowest BCUT2D eigenvalue weighted by Crippen LogP contribution is -2.30. The van der Waals surface area contributed by atoms with Gasteiger partial charge in [-0.2, -0.15) is 0 Å². The summed E-state index contributed by atoms with van der Waals surface area (Å²) in [6, 6.07) is 0. The van der Waals surface area contributed by atoms with Gasteiger partial charge in [-0.3, -0.25) is 4.79 Å². The Balaban J connectivity index is 2.27. The summed E-state index contributed by atoms with van der Waals surface area (Å²) >= 11 is 0. The minimum Gasteiger partial charge on any atom is -0.354 e. The predicted octanol–water partition coefficient (Wildman–Crippen LogP) is 1.20. The van der Waals surface area contributed by atoms with Gasteiger partial charge in [0.25, 0.3) is 0 Å². The summed E-state index contributed by atoms with van der Waals surface area (Å²) in [6.45, 7) is 9.36. The van der Waals surface area contributed by atoms with E-state index in [1.54, 1.807) is 6.33 Å². The zero-order chi connectivity index (χ0) is 14.1. The second-order valence-corrected chi connectivity index (χ2v) is 5.24. The smallest absolute Gasteiger partial charge is 0.239 e. The minimum atomic E-state index is 0.0433. The lowest BCUT2D eigenvalue weighted by atomic mass is 10.2. The standard InChI is InChI=1S/C14H26N4O/c1-4-6-15-7-5-13-9-18(11-17-13)10-14(19)16-8-12(2)3/h9,11-12,15H,4-8,10H2,1-3H3,(H,16,19). The SMILES string of the molecule is CCCNCCc1cn(CC(=O)NCC(C)C)cn1. The van der Waals surface area contributed by atoms with Crippen LogP contribution in [0.2, 0.25) is 0 Å². The first-order chi connectivity index (χ1) is 9.11. The Morgan fingerprint density at radius 2 is 2.21 bits per heavy atom. The molecule has 0 aliphatic carbocycles. The molecular formula is C14H26N4O. The van der Waals surface area contributed by atoms with E-state index < -0.39 is 0 Å². The summed E-state index contributed by atoms with van der Waals surface area (Å²) < 4.78 is 1.84. The molecule has 5 nitrogen and oxygen atoms in total. The van der Waals surface area contributed by atoms with E-state index >= 15 is 0 Å². The number of rotatable bonds is 9. The molecule has 0 radical (unpaired) electrons. The van der Waals surface area contributed by atoms with E-state index in [-0.39, 0.29) is 5.91 Å². The van der Waals surface area contributed by atoms with Crippen LogP contribution in [0.25, 0.3) is 0 Å². The number of carbonyl (C=O) groups excluding carboxylic acids is 1. The molecule has 108 valence electrons. The third-order valence-corrected chi connectivity index (χ3v) is 2.71. The summed E-state index contributed by atoms with van der Waals surface area (Å²) in [5.41, 5.74) is 1.03. The average molecular weight is 266 g/mol. The van der Waals surface area contributed by atoms with Crippen LogP contribution in [0, 0.1) is 5.92 Å². The Bertz CT molecular complexity index is 373. The molecule has 0 spiro atoms. The maximum atomic E-state index is 11.7. The highest BCUT2D eigenvalue weighted by Crippen LogP contribution is 1.97. The number of hydrogen-bond donors (Lipinski definition) is 2. The monoisotopic (exact) mass is 266 g/mol. The molecule has 2 N–H and O–H groups in total. The Morgan fingerprint density at radius 3 is 2.89 bits per heavy atom. The fourth-order valence-electron chi connectivity index (χ4n) is 1.68. The van der Waals surface area contributed by atoms with Crippen LogP contribution in [0.1, 0.15) is 32.9 Å². The molecule has 0 saturated carbocycles. The molecule has 1 heterocycles. The second kappa shape index (κ2) is 8.69. The number of imidazole rings is 1. The van der Waals surface area contributed by atoms with Crippen molar-refractivity contribution in [2.45, 2.75) is 40.2 Å². The van der Waals surface area contributed by atoms with Crippen molar-refractivity contribution in [1.29, 1.82) is 0 Å². The van der Waals surface area contributed by atoms with Crippen molar-refractivity contribution in [2.24, 2.45) is 5.92 Å². The quantitative estimate of drug-likeness (QED) is 0.660. The lowest BCUT2D eigenvalue weighted by Gasteiger charge is -2.07. The van der Waals surface area contributed by atoms with Crippen molar-refractivity contribution < 1.29 is 4.79 Å². The summed E-state index contributed by atoms with van der Waals surface area (Å²) in [6.07, 6.45) is 5.72. The third-order valence-electron chi connectivity index (χ3n) is 2.71. The maximum Gasteiger partial charge on any atom is 0.239 e. The van der Waals surface area contributed by atoms with E-state index in [0.717, 1.165) is 38.2 Å². The molecule has 1 aromatic heterocycles. The van der Waals surface area contributed by atoms with Gasteiger partial charge in [-0.1, -0.05) is 20.8 Å². The van der Waals surface area contributed by atoms with E-state index in [0.29, 0.717) is 12.5 Å². The molecule has 0 unspecified atom stereocenters. The highest BCUT2D eigenvalue weighted by molar-refractivity contribution is 5.75. The normalized spacial score (nSPS) is 10.9. The van der Waals surface area contributed by atoms with E-state index in [9.17, 15) is 4.79 Å². The van der Waals surface area contributed by atoms with Gasteiger partial charge < -0.3 is 15.2 Å². The van der Waals surface area contributed by atoms with Crippen LogP contribution in [-0.4, -0.2) is 35.1 Å². The van der Waals surface area contributed by atoms with Gasteiger partial charge in [0.15, 0.2) is 0 Å². The van der Waals surface area contributed by atoms with Gasteiger partial charge in [0.05, 0.1) is 12.0 Å². The van der Waals surface area contributed by atoms with E-state index in [4.69, 9.17) is 0 Å². The molecule has 0 bridgehead atoms. The van der Waals surface area contributed by atoms with Crippen molar-refractivity contribution in [2.75, 3.05) is 19.6 Å². The maximum absolute atomic E-state index is 11.7. The second-order valence-electron chi connectivity index (χ2n) is 5.24. The van der Waals surface area contributed by atoms with Gasteiger partial charge >= 0.3 is 0 Å². The molecule has 0 saturated heterocycles. The highest BCUT2D eigenvalue weighted by Gasteiger charge is 2.05. The van der Waals surface area contributed by atoms with Crippen molar-refractivity contribution >= 4 is 5.91 Å². The Labute approximate surface area is 115 Å². The Kier molecular flexibility index (Phi) is 7.18. The van der Waals surface area contributed by atoms with Crippen LogP contribution in [-0.2, 0) is 17.8 Å². The van der Waals surface area contributed by atoms with E-state index in [1.165, 1.54) is 0 Å². The van der Waals surface area contributed by atoms with Crippen LogP contribution < -0.4 is 10.6 Å². The minimum absolute atomic E-state index is 0.0433. The van der Waals surface area contributed by atoms with E-state index in [1.807, 2.05) is 10.8 Å². The zero-order valence-electron chi connectivity index (χ0n) is 12.3. The molecule has 1 rings (SSSR count). The largest absolute Gasteiger partial charge is 0.354 e. The van der Waals surface area contributed by atoms with Crippen molar-refractivity contribution in [3.05, 3.63) is 18.2 Å². The summed E-state index contributed by atoms with van der Waals surface area (Å²) in [7, 11) is 0. The summed E-state index contributed by atoms with van der Waals surface area (Å²) in [5, 5.41) is 6.24. The van der Waals surface area contributed by atoms with E-state index in [2.05, 4.69) is 36.4 Å². The van der Waals surface area contributed by atoms with Crippen LogP contribution in [0.5, 0.6) is 0 Å². The predicted molar refractivity (Wildman–Crippen MR) is 76.9 cm³/mol. The zero-order valence-corrected chi connectivity index (χ0v) is 12.3. The number of aromatic nitrogens is 2. The molecule has 0 aliphatic heterocycles. The molecule has 19 heavy (non-hydrogen) atoms. The fraction of sp³-hybridized carbons (Fsp3) is 0.714. The number of carbonyl (C=O) groups is 1. The van der Waals surface area contributed by atoms with Crippen molar-refractivity contribution in [3.63, 3.8) is 0 Å². The number of amides is 1. The molecule has 1 amide bonds. The average Bonchev–Trinajstić information content (AvgIpc) is 2.80. The van der Waals surface area contributed by atoms with Gasteiger partial charge in [-0.05, 0) is 18.9 Å². The molecule has 0 aromatic carbocycles. The number of nitrogens with one attached hydrogen (secondary N) is 2. The van der Waals surface area contributed by atoms with Crippen molar-refractivity contribution in [1.82, 2.24) is 20.2 Å². The lowest BCUT2D eigenvalue weighted by molar-refractivity contribution is -0.121. The van der Waals surface area contributed by atoms with Gasteiger partial charge in [0.2, 0.25) is 5.91 Å².